The van der Waals surface area contributed by atoms with Crippen molar-refractivity contribution < 1.29 is 14.3 Å². The van der Waals surface area contributed by atoms with Crippen LogP contribution in [0.4, 0.5) is 0 Å². The van der Waals surface area contributed by atoms with Gasteiger partial charge in [-0.1, -0.05) is 35.1 Å². The van der Waals surface area contributed by atoms with Crippen molar-refractivity contribution >= 4 is 33.4 Å². The van der Waals surface area contributed by atoms with Crippen molar-refractivity contribution in [3.8, 4) is 0 Å². The number of rotatable bonds is 4. The molecule has 0 bridgehead atoms. The highest BCUT2D eigenvalue weighted by Crippen LogP contribution is 2.19. The van der Waals surface area contributed by atoms with E-state index in [1.807, 2.05) is 44.2 Å². The number of aromatic nitrogens is 1. The maximum atomic E-state index is 12.6. The first-order valence-electron chi connectivity index (χ1n) is 8.39. The van der Waals surface area contributed by atoms with Crippen LogP contribution in [0.2, 0.25) is 0 Å². The van der Waals surface area contributed by atoms with Gasteiger partial charge in [-0.2, -0.15) is 4.99 Å². The van der Waals surface area contributed by atoms with E-state index in [0.29, 0.717) is 17.0 Å². The number of carbonyl (C=O) groups is 2. The number of benzene rings is 2. The fourth-order valence-electron chi connectivity index (χ4n) is 2.68. The molecule has 0 saturated heterocycles. The molecule has 1 heterocycles. The van der Waals surface area contributed by atoms with Gasteiger partial charge >= 0.3 is 5.97 Å². The normalized spacial score (nSPS) is 11.7. The van der Waals surface area contributed by atoms with Crippen LogP contribution >= 0.6 is 11.3 Å². The molecule has 3 rings (SSSR count). The molecule has 0 spiro atoms. The summed E-state index contributed by atoms with van der Waals surface area (Å²) in [6, 6.07) is 13.3. The number of aryl methyl sites for hydroxylation is 2. The molecule has 3 aromatic rings. The van der Waals surface area contributed by atoms with Gasteiger partial charge in [0, 0.05) is 5.56 Å². The zero-order chi connectivity index (χ0) is 18.7. The van der Waals surface area contributed by atoms with E-state index in [2.05, 4.69) is 4.99 Å². The number of ether oxygens (including phenoxy) is 1. The predicted molar refractivity (Wildman–Crippen MR) is 102 cm³/mol. The van der Waals surface area contributed by atoms with Crippen molar-refractivity contribution in [2.45, 2.75) is 27.3 Å². The zero-order valence-electron chi connectivity index (χ0n) is 15.0. The third-order valence-electron chi connectivity index (χ3n) is 3.89. The molecule has 0 fully saturated rings. The lowest BCUT2D eigenvalue weighted by Gasteiger charge is -2.05. The standard InChI is InChI=1S/C20H20N2O3S/c1-4-25-18(23)12-22-16-9-8-14(3)11-17(16)26-20(22)21-19(24)15-7-5-6-13(2)10-15/h5-11H,4,12H2,1-3H3. The molecule has 2 aromatic carbocycles. The van der Waals surface area contributed by atoms with E-state index in [1.54, 1.807) is 23.6 Å². The first-order valence-corrected chi connectivity index (χ1v) is 9.21. The molecule has 0 radical (unpaired) electrons. The van der Waals surface area contributed by atoms with Crippen molar-refractivity contribution in [3.05, 3.63) is 64.0 Å². The lowest BCUT2D eigenvalue weighted by atomic mass is 10.1. The van der Waals surface area contributed by atoms with E-state index in [4.69, 9.17) is 4.74 Å². The summed E-state index contributed by atoms with van der Waals surface area (Å²) in [4.78, 5) is 29.4. The molecular formula is C20H20N2O3S. The number of esters is 1. The number of thiazole rings is 1. The molecular weight excluding hydrogens is 348 g/mol. The Morgan fingerprint density at radius 1 is 1.12 bits per heavy atom. The van der Waals surface area contributed by atoms with Crippen molar-refractivity contribution in [3.63, 3.8) is 0 Å². The van der Waals surface area contributed by atoms with Gasteiger partial charge in [-0.05, 0) is 50.6 Å². The fraction of sp³-hybridized carbons (Fsp3) is 0.250. The molecule has 26 heavy (non-hydrogen) atoms. The van der Waals surface area contributed by atoms with Crippen LogP contribution in [0.15, 0.2) is 47.5 Å². The van der Waals surface area contributed by atoms with Gasteiger partial charge in [-0.25, -0.2) is 0 Å². The molecule has 0 N–H and O–H groups in total. The van der Waals surface area contributed by atoms with Crippen LogP contribution in [-0.4, -0.2) is 23.1 Å². The summed E-state index contributed by atoms with van der Waals surface area (Å²) in [5.41, 5.74) is 3.50. The molecule has 5 nitrogen and oxygen atoms in total. The molecule has 0 aliphatic heterocycles. The van der Waals surface area contributed by atoms with Crippen LogP contribution in [0, 0.1) is 13.8 Å². The van der Waals surface area contributed by atoms with Crippen LogP contribution < -0.4 is 4.80 Å². The smallest absolute Gasteiger partial charge is 0.326 e. The Labute approximate surface area is 155 Å². The van der Waals surface area contributed by atoms with E-state index >= 15 is 0 Å². The van der Waals surface area contributed by atoms with Crippen LogP contribution in [0.1, 0.15) is 28.4 Å². The Morgan fingerprint density at radius 3 is 2.62 bits per heavy atom. The number of hydrogen-bond acceptors (Lipinski definition) is 4. The third-order valence-corrected chi connectivity index (χ3v) is 4.93. The summed E-state index contributed by atoms with van der Waals surface area (Å²) in [5, 5.41) is 0. The Morgan fingerprint density at radius 2 is 1.88 bits per heavy atom. The van der Waals surface area contributed by atoms with Crippen LogP contribution in [0.25, 0.3) is 10.2 Å². The van der Waals surface area contributed by atoms with Crippen LogP contribution in [0.5, 0.6) is 0 Å². The Balaban J connectivity index is 2.11. The minimum atomic E-state index is -0.350. The molecule has 0 atom stereocenters. The maximum Gasteiger partial charge on any atom is 0.326 e. The monoisotopic (exact) mass is 368 g/mol. The Bertz CT molecular complexity index is 1050. The van der Waals surface area contributed by atoms with E-state index in [9.17, 15) is 9.59 Å². The first kappa shape index (κ1) is 18.1. The maximum absolute atomic E-state index is 12.6. The fourth-order valence-corrected chi connectivity index (χ4v) is 3.81. The molecule has 0 saturated carbocycles. The topological polar surface area (TPSA) is 60.7 Å². The summed E-state index contributed by atoms with van der Waals surface area (Å²) >= 11 is 1.39. The van der Waals surface area contributed by atoms with Gasteiger partial charge in [-0.15, -0.1) is 0 Å². The molecule has 1 amide bonds. The number of nitrogens with zero attached hydrogens (tertiary/aromatic N) is 2. The van der Waals surface area contributed by atoms with Gasteiger partial charge in [0.25, 0.3) is 5.91 Å². The minimum absolute atomic E-state index is 0.0246. The first-order chi connectivity index (χ1) is 12.5. The largest absolute Gasteiger partial charge is 0.465 e. The van der Waals surface area contributed by atoms with Crippen LogP contribution in [-0.2, 0) is 16.1 Å². The highest BCUT2D eigenvalue weighted by molar-refractivity contribution is 7.16. The van der Waals surface area contributed by atoms with Crippen molar-refractivity contribution in [2.75, 3.05) is 6.61 Å². The Kier molecular flexibility index (Phi) is 5.32. The lowest BCUT2D eigenvalue weighted by Crippen LogP contribution is -2.23. The van der Waals surface area contributed by atoms with E-state index in [0.717, 1.165) is 21.3 Å². The van der Waals surface area contributed by atoms with Gasteiger partial charge in [0.15, 0.2) is 4.80 Å². The lowest BCUT2D eigenvalue weighted by molar-refractivity contribution is -0.143. The quantitative estimate of drug-likeness (QED) is 0.661. The molecule has 1 aromatic heterocycles. The average molecular weight is 368 g/mol. The second-order valence-electron chi connectivity index (χ2n) is 6.03. The number of amides is 1. The number of fused-ring (bicyclic) bond motifs is 1. The second-order valence-corrected chi connectivity index (χ2v) is 7.04. The SMILES string of the molecule is CCOC(=O)Cn1c(=NC(=O)c2cccc(C)c2)sc2cc(C)ccc21. The molecule has 6 heteroatoms. The van der Waals surface area contributed by atoms with Gasteiger partial charge in [0.05, 0.1) is 16.8 Å². The number of hydrogen-bond donors (Lipinski definition) is 0. The van der Waals surface area contributed by atoms with Gasteiger partial charge in [-0.3, -0.25) is 9.59 Å². The summed E-state index contributed by atoms with van der Waals surface area (Å²) in [5.74, 6) is -0.674. The van der Waals surface area contributed by atoms with Crippen molar-refractivity contribution in [2.24, 2.45) is 4.99 Å². The molecule has 0 aliphatic rings. The van der Waals surface area contributed by atoms with Gasteiger partial charge in [0.1, 0.15) is 6.54 Å². The Hall–Kier alpha value is -2.73. The third kappa shape index (κ3) is 3.91. The van der Waals surface area contributed by atoms with Crippen molar-refractivity contribution in [1.29, 1.82) is 0 Å². The van der Waals surface area contributed by atoms with E-state index in [1.165, 1.54) is 11.3 Å². The van der Waals surface area contributed by atoms with Gasteiger partial charge in [0.2, 0.25) is 0 Å². The predicted octanol–water partition coefficient (Wildman–Crippen LogP) is 3.62. The molecule has 0 unspecified atom stereocenters. The van der Waals surface area contributed by atoms with Crippen molar-refractivity contribution in [1.82, 2.24) is 4.57 Å². The average Bonchev–Trinajstić information content (AvgIpc) is 2.91. The summed E-state index contributed by atoms with van der Waals surface area (Å²) < 4.78 is 7.78. The van der Waals surface area contributed by atoms with Crippen LogP contribution in [0.3, 0.4) is 0 Å². The zero-order valence-corrected chi connectivity index (χ0v) is 15.8. The second kappa shape index (κ2) is 7.66. The number of carbonyl (C=O) groups excluding carboxylic acids is 2. The van der Waals surface area contributed by atoms with E-state index in [-0.39, 0.29) is 18.4 Å². The van der Waals surface area contributed by atoms with Gasteiger partial charge < -0.3 is 9.30 Å². The summed E-state index contributed by atoms with van der Waals surface area (Å²) in [7, 11) is 0. The molecule has 134 valence electrons. The minimum Gasteiger partial charge on any atom is -0.465 e. The van der Waals surface area contributed by atoms with E-state index < -0.39 is 0 Å². The highest BCUT2D eigenvalue weighted by atomic mass is 32.1. The highest BCUT2D eigenvalue weighted by Gasteiger charge is 2.13. The summed E-state index contributed by atoms with van der Waals surface area (Å²) in [6.45, 7) is 6.04. The molecule has 0 aliphatic carbocycles. The summed E-state index contributed by atoms with van der Waals surface area (Å²) in [6.07, 6.45) is 0.